The van der Waals surface area contributed by atoms with Crippen molar-refractivity contribution in [3.05, 3.63) is 81.9 Å². The van der Waals surface area contributed by atoms with E-state index in [2.05, 4.69) is 11.8 Å². The Kier molecular flexibility index (Phi) is 20.5. The van der Waals surface area contributed by atoms with E-state index in [1.807, 2.05) is 19.1 Å². The van der Waals surface area contributed by atoms with Gasteiger partial charge in [0, 0.05) is 25.3 Å². The zero-order chi connectivity index (χ0) is 35.7. The molecule has 268 valence electrons. The van der Waals surface area contributed by atoms with Crippen LogP contribution in [0.25, 0.3) is 6.08 Å². The minimum Gasteiger partial charge on any atom is -0.493 e. The number of rotatable bonds is 21. The molecule has 10 nitrogen and oxygen atoms in total. The van der Waals surface area contributed by atoms with E-state index >= 15 is 0 Å². The van der Waals surface area contributed by atoms with Crippen molar-refractivity contribution >= 4 is 23.8 Å². The Labute approximate surface area is 291 Å². The van der Waals surface area contributed by atoms with Crippen molar-refractivity contribution in [1.82, 2.24) is 0 Å². The largest absolute Gasteiger partial charge is 0.493 e. The van der Waals surface area contributed by atoms with Gasteiger partial charge < -0.3 is 19.0 Å². The number of carbonyl (C=O) groups excluding carboxylic acids is 3. The highest BCUT2D eigenvalue weighted by molar-refractivity contribution is 5.89. The molecule has 1 saturated carbocycles. The molecule has 0 heterocycles. The molecule has 3 rings (SSSR count). The van der Waals surface area contributed by atoms with Gasteiger partial charge in [0.25, 0.3) is 5.09 Å². The normalized spacial score (nSPS) is 12.8. The number of benzene rings is 2. The molecule has 0 aliphatic heterocycles. The Morgan fingerprint density at radius 1 is 0.918 bits per heavy atom. The molecule has 0 spiro atoms. The third kappa shape index (κ3) is 18.6. The predicted molar refractivity (Wildman–Crippen MR) is 190 cm³/mol. The first-order valence-electron chi connectivity index (χ1n) is 17.5. The van der Waals surface area contributed by atoms with Crippen LogP contribution in [0.1, 0.15) is 121 Å². The van der Waals surface area contributed by atoms with Gasteiger partial charge in [0.05, 0.1) is 7.11 Å². The average Bonchev–Trinajstić information content (AvgIpc) is 3.62. The second kappa shape index (κ2) is 24.6. The van der Waals surface area contributed by atoms with Crippen LogP contribution < -0.4 is 14.2 Å². The van der Waals surface area contributed by atoms with Crippen LogP contribution in [0.5, 0.6) is 17.2 Å². The lowest BCUT2D eigenvalue weighted by molar-refractivity contribution is -0.763. The minimum absolute atomic E-state index is 0.225. The van der Waals surface area contributed by atoms with Crippen molar-refractivity contribution in [3.63, 3.8) is 0 Å². The fourth-order valence-electron chi connectivity index (χ4n) is 5.43. The molecule has 0 saturated heterocycles. The standard InChI is InChI=1S/C24H25NO8.C15H28O/c1-3-4-5-6-10-23(26)33-21-13-11-18(16-22(21)30-2)12-14-24(27)32-20-9-7-8-19(15-20)17-31-25(28)29;1-2-3-4-5-6-11-15(16)13-12-14-9-7-8-10-14/h3-4,7-9,11-16H,5-6,10,17H2,1-2H3;14H,2-13H2,1H3/b4-3-,14-12+;. The van der Waals surface area contributed by atoms with Gasteiger partial charge in [-0.25, -0.2) is 4.79 Å². The number of hydrogen-bond acceptors (Lipinski definition) is 9. The third-order valence-electron chi connectivity index (χ3n) is 8.13. The third-order valence-corrected chi connectivity index (χ3v) is 8.13. The second-order valence-corrected chi connectivity index (χ2v) is 12.1. The van der Waals surface area contributed by atoms with E-state index in [1.165, 1.54) is 83.1 Å². The Hall–Kier alpha value is -4.47. The first kappa shape index (κ1) is 40.7. The number of carbonyl (C=O) groups is 3. The first-order valence-corrected chi connectivity index (χ1v) is 17.5. The van der Waals surface area contributed by atoms with Crippen LogP contribution in [-0.4, -0.2) is 29.9 Å². The van der Waals surface area contributed by atoms with Gasteiger partial charge in [-0.15, -0.1) is 10.1 Å². The molecular weight excluding hydrogens is 626 g/mol. The van der Waals surface area contributed by atoms with Crippen molar-refractivity contribution in [3.8, 4) is 17.2 Å². The monoisotopic (exact) mass is 679 g/mol. The number of nitrogens with zero attached hydrogens (tertiary/aromatic N) is 1. The van der Waals surface area contributed by atoms with E-state index in [0.29, 0.717) is 41.3 Å². The summed E-state index contributed by atoms with van der Waals surface area (Å²) in [6, 6.07) is 11.1. The molecule has 1 aliphatic rings. The lowest BCUT2D eigenvalue weighted by atomic mass is 9.98. The van der Waals surface area contributed by atoms with Gasteiger partial charge in [-0.2, -0.15) is 0 Å². The first-order chi connectivity index (χ1) is 23.7. The van der Waals surface area contributed by atoms with Crippen LogP contribution in [0.15, 0.2) is 60.7 Å². The molecule has 0 atom stereocenters. The summed E-state index contributed by atoms with van der Waals surface area (Å²) in [7, 11) is 1.45. The maximum atomic E-state index is 12.1. The van der Waals surface area contributed by atoms with E-state index in [4.69, 9.17) is 14.2 Å². The number of ketones is 1. The average molecular weight is 680 g/mol. The van der Waals surface area contributed by atoms with Gasteiger partial charge in [0.2, 0.25) is 0 Å². The maximum absolute atomic E-state index is 12.1. The van der Waals surface area contributed by atoms with Gasteiger partial charge >= 0.3 is 11.9 Å². The molecule has 0 unspecified atom stereocenters. The van der Waals surface area contributed by atoms with E-state index < -0.39 is 11.1 Å². The zero-order valence-corrected chi connectivity index (χ0v) is 29.4. The molecule has 10 heteroatoms. The molecule has 0 N–H and O–H groups in total. The molecule has 0 bridgehead atoms. The van der Waals surface area contributed by atoms with E-state index in [9.17, 15) is 24.5 Å². The van der Waals surface area contributed by atoms with Gasteiger partial charge in [0.15, 0.2) is 11.5 Å². The van der Waals surface area contributed by atoms with Crippen LogP contribution in [0.2, 0.25) is 0 Å². The van der Waals surface area contributed by atoms with Crippen LogP contribution in [0, 0.1) is 16.0 Å². The number of unbranched alkanes of at least 4 members (excludes halogenated alkanes) is 5. The molecule has 0 aromatic heterocycles. The highest BCUT2D eigenvalue weighted by Crippen LogP contribution is 2.30. The molecule has 49 heavy (non-hydrogen) atoms. The fourth-order valence-corrected chi connectivity index (χ4v) is 5.43. The van der Waals surface area contributed by atoms with E-state index in [1.54, 1.807) is 36.4 Å². The molecular formula is C39H53NO9. The van der Waals surface area contributed by atoms with Crippen molar-refractivity contribution in [2.75, 3.05) is 7.11 Å². The van der Waals surface area contributed by atoms with Gasteiger partial charge in [-0.1, -0.05) is 88.6 Å². The van der Waals surface area contributed by atoms with Gasteiger partial charge in [0.1, 0.15) is 18.1 Å². The molecule has 2 aromatic carbocycles. The summed E-state index contributed by atoms with van der Waals surface area (Å²) >= 11 is 0. The smallest absolute Gasteiger partial charge is 0.336 e. The lowest BCUT2D eigenvalue weighted by Crippen LogP contribution is -2.08. The summed E-state index contributed by atoms with van der Waals surface area (Å²) in [5.41, 5.74) is 1.11. The second-order valence-electron chi connectivity index (χ2n) is 12.1. The van der Waals surface area contributed by atoms with Crippen LogP contribution in [0.3, 0.4) is 0 Å². The fraction of sp³-hybridized carbons (Fsp3) is 0.513. The molecule has 0 radical (unpaired) electrons. The Bertz CT molecular complexity index is 1360. The molecule has 2 aromatic rings. The minimum atomic E-state index is -0.896. The number of Topliss-reactive ketones (excluding diaryl/α,β-unsaturated/α-hetero) is 1. The summed E-state index contributed by atoms with van der Waals surface area (Å²) in [6.07, 6.45) is 23.2. The number of allylic oxidation sites excluding steroid dienone is 2. The van der Waals surface area contributed by atoms with Crippen LogP contribution in [0.4, 0.5) is 0 Å². The predicted octanol–water partition coefficient (Wildman–Crippen LogP) is 9.56. The van der Waals surface area contributed by atoms with Crippen molar-refractivity contribution in [2.24, 2.45) is 5.92 Å². The summed E-state index contributed by atoms with van der Waals surface area (Å²) in [5.74, 6) is 1.28. The van der Waals surface area contributed by atoms with Crippen molar-refractivity contribution < 1.29 is 38.5 Å². The number of esters is 2. The van der Waals surface area contributed by atoms with E-state index in [0.717, 1.165) is 31.6 Å². The molecule has 1 fully saturated rings. The Morgan fingerprint density at radius 2 is 1.69 bits per heavy atom. The van der Waals surface area contributed by atoms with Crippen molar-refractivity contribution in [2.45, 2.75) is 117 Å². The Morgan fingerprint density at radius 3 is 2.41 bits per heavy atom. The highest BCUT2D eigenvalue weighted by atomic mass is 16.9. The Balaban J connectivity index is 0.000000435. The van der Waals surface area contributed by atoms with Gasteiger partial charge in [-0.3, -0.25) is 9.59 Å². The molecule has 0 amide bonds. The highest BCUT2D eigenvalue weighted by Gasteiger charge is 2.16. The summed E-state index contributed by atoms with van der Waals surface area (Å²) in [6.45, 7) is 3.90. The SMILES string of the molecule is C/C=C\CCCC(=O)Oc1ccc(/C=C/C(=O)Oc2cccc(CO[N+](=O)[O-])c2)cc1OC.CCCCCCCC(=O)CCC1CCCC1. The number of hydrogen-bond donors (Lipinski definition) is 0. The summed E-state index contributed by atoms with van der Waals surface area (Å²) in [5, 5.41) is 9.40. The van der Waals surface area contributed by atoms with Gasteiger partial charge in [-0.05, 0) is 80.0 Å². The molecule has 1 aliphatic carbocycles. The van der Waals surface area contributed by atoms with E-state index in [-0.39, 0.29) is 18.3 Å². The van der Waals surface area contributed by atoms with Crippen LogP contribution in [-0.2, 0) is 25.8 Å². The summed E-state index contributed by atoms with van der Waals surface area (Å²) < 4.78 is 15.9. The maximum Gasteiger partial charge on any atom is 0.336 e. The lowest BCUT2D eigenvalue weighted by Gasteiger charge is -2.10. The van der Waals surface area contributed by atoms with Crippen LogP contribution >= 0.6 is 0 Å². The quantitative estimate of drug-likeness (QED) is 0.0241. The van der Waals surface area contributed by atoms with Crippen molar-refractivity contribution in [1.29, 1.82) is 0 Å². The zero-order valence-electron chi connectivity index (χ0n) is 29.4. The topological polar surface area (TPSA) is 131 Å². The summed E-state index contributed by atoms with van der Waals surface area (Å²) in [4.78, 5) is 50.3. The number of methoxy groups -OCH3 is 1. The number of ether oxygens (including phenoxy) is 3.